The Morgan fingerprint density at radius 1 is 1.16 bits per heavy atom. The van der Waals surface area contributed by atoms with Gasteiger partial charge in [0, 0.05) is 19.5 Å². The van der Waals surface area contributed by atoms with Crippen molar-refractivity contribution < 1.29 is 22.7 Å². The highest BCUT2D eigenvalue weighted by atomic mass is 19.4. The van der Waals surface area contributed by atoms with Crippen LogP contribution in [-0.2, 0) is 22.3 Å². The van der Waals surface area contributed by atoms with Crippen molar-refractivity contribution >= 4 is 11.9 Å². The second kappa shape index (κ2) is 10.6. The summed E-state index contributed by atoms with van der Waals surface area (Å²) in [6.45, 7) is 3.50. The van der Waals surface area contributed by atoms with Gasteiger partial charge >= 0.3 is 12.1 Å². The molecule has 0 amide bonds. The molecule has 0 bridgehead atoms. The van der Waals surface area contributed by atoms with E-state index in [0.29, 0.717) is 37.5 Å². The van der Waals surface area contributed by atoms with Crippen LogP contribution in [0, 0.1) is 0 Å². The number of halogens is 3. The molecule has 0 atom stereocenters. The van der Waals surface area contributed by atoms with E-state index in [9.17, 15) is 18.0 Å². The van der Waals surface area contributed by atoms with Crippen LogP contribution in [0.25, 0.3) is 0 Å². The summed E-state index contributed by atoms with van der Waals surface area (Å²) in [7, 11) is 1.36. The highest BCUT2D eigenvalue weighted by molar-refractivity contribution is 5.79. The van der Waals surface area contributed by atoms with Gasteiger partial charge in [-0.2, -0.15) is 13.2 Å². The number of ether oxygens (including phenoxy) is 1. The molecular formula is C17H24F3N3O2. The lowest BCUT2D eigenvalue weighted by Gasteiger charge is -2.11. The van der Waals surface area contributed by atoms with Crippen LogP contribution in [-0.4, -0.2) is 32.1 Å². The quantitative estimate of drug-likeness (QED) is 0.324. The summed E-state index contributed by atoms with van der Waals surface area (Å²) in [5.74, 6) is 0.350. The molecule has 0 saturated carbocycles. The number of unbranched alkanes of at least 4 members (excludes halogenated alkanes) is 1. The molecule has 1 aromatic rings. The molecule has 0 spiro atoms. The standard InChI is InChI=1S/C17H24F3N3O2/c1-3-21-16(22-11-5-4-6-15(24)25-2)23-12-13-7-9-14(10-8-13)17(18,19)20/h7-10H,3-6,11-12H2,1-2H3,(H2,21,22,23). The summed E-state index contributed by atoms with van der Waals surface area (Å²) < 4.78 is 42.2. The van der Waals surface area contributed by atoms with Gasteiger partial charge in [0.15, 0.2) is 5.96 Å². The lowest BCUT2D eigenvalue weighted by Crippen LogP contribution is -2.37. The van der Waals surface area contributed by atoms with Crippen molar-refractivity contribution in [1.82, 2.24) is 10.6 Å². The third kappa shape index (κ3) is 8.42. The second-order valence-electron chi connectivity index (χ2n) is 5.35. The minimum atomic E-state index is -4.33. The first kappa shape index (κ1) is 20.8. The van der Waals surface area contributed by atoms with Crippen molar-refractivity contribution in [2.24, 2.45) is 4.99 Å². The number of hydrogen-bond donors (Lipinski definition) is 2. The van der Waals surface area contributed by atoms with Crippen molar-refractivity contribution in [3.63, 3.8) is 0 Å². The van der Waals surface area contributed by atoms with Crippen LogP contribution in [0.1, 0.15) is 37.3 Å². The van der Waals surface area contributed by atoms with Crippen molar-refractivity contribution in [1.29, 1.82) is 0 Å². The number of aliphatic imine (C=N–C) groups is 1. The van der Waals surface area contributed by atoms with Crippen LogP contribution in [0.5, 0.6) is 0 Å². The predicted octanol–water partition coefficient (Wildman–Crippen LogP) is 3.10. The number of carbonyl (C=O) groups is 1. The van der Waals surface area contributed by atoms with Gasteiger partial charge in [-0.05, 0) is 37.5 Å². The second-order valence-corrected chi connectivity index (χ2v) is 5.35. The summed E-state index contributed by atoms with van der Waals surface area (Å²) in [5.41, 5.74) is 0.0201. The Bertz CT molecular complexity index is 557. The fourth-order valence-corrected chi connectivity index (χ4v) is 2.01. The summed E-state index contributed by atoms with van der Waals surface area (Å²) >= 11 is 0. The van der Waals surface area contributed by atoms with E-state index in [2.05, 4.69) is 20.4 Å². The zero-order valence-electron chi connectivity index (χ0n) is 14.4. The first-order chi connectivity index (χ1) is 11.9. The highest BCUT2D eigenvalue weighted by Gasteiger charge is 2.29. The predicted molar refractivity (Wildman–Crippen MR) is 90.1 cm³/mol. The Morgan fingerprint density at radius 2 is 1.84 bits per heavy atom. The number of esters is 1. The summed E-state index contributed by atoms with van der Waals surface area (Å²) in [6.07, 6.45) is -2.47. The molecule has 0 aliphatic heterocycles. The van der Waals surface area contributed by atoms with Crippen LogP contribution >= 0.6 is 0 Å². The normalized spacial score (nSPS) is 12.0. The number of benzene rings is 1. The van der Waals surface area contributed by atoms with Crippen LogP contribution in [0.3, 0.4) is 0 Å². The van der Waals surface area contributed by atoms with Gasteiger partial charge in [0.25, 0.3) is 0 Å². The van der Waals surface area contributed by atoms with E-state index in [1.54, 1.807) is 0 Å². The number of guanidine groups is 1. The molecule has 0 radical (unpaired) electrons. The summed E-state index contributed by atoms with van der Waals surface area (Å²) in [4.78, 5) is 15.4. The topological polar surface area (TPSA) is 62.7 Å². The van der Waals surface area contributed by atoms with Gasteiger partial charge in [0.1, 0.15) is 0 Å². The lowest BCUT2D eigenvalue weighted by molar-refractivity contribution is -0.140. The molecule has 5 nitrogen and oxygen atoms in total. The third-order valence-electron chi connectivity index (χ3n) is 3.37. The van der Waals surface area contributed by atoms with E-state index in [-0.39, 0.29) is 12.5 Å². The Morgan fingerprint density at radius 3 is 2.40 bits per heavy atom. The number of carbonyl (C=O) groups excluding carboxylic acids is 1. The van der Waals surface area contributed by atoms with Gasteiger partial charge in [-0.15, -0.1) is 0 Å². The van der Waals surface area contributed by atoms with Gasteiger partial charge in [0.2, 0.25) is 0 Å². The molecule has 25 heavy (non-hydrogen) atoms. The van der Waals surface area contributed by atoms with E-state index in [4.69, 9.17) is 0 Å². The maximum Gasteiger partial charge on any atom is 0.416 e. The van der Waals surface area contributed by atoms with Crippen LogP contribution in [0.2, 0.25) is 0 Å². The smallest absolute Gasteiger partial charge is 0.416 e. The highest BCUT2D eigenvalue weighted by Crippen LogP contribution is 2.29. The van der Waals surface area contributed by atoms with Crippen molar-refractivity contribution in [3.05, 3.63) is 35.4 Å². The number of nitrogens with one attached hydrogen (secondary N) is 2. The van der Waals surface area contributed by atoms with Gasteiger partial charge in [-0.25, -0.2) is 4.99 Å². The monoisotopic (exact) mass is 359 g/mol. The fourth-order valence-electron chi connectivity index (χ4n) is 2.01. The molecular weight excluding hydrogens is 335 g/mol. The maximum absolute atomic E-state index is 12.5. The first-order valence-electron chi connectivity index (χ1n) is 8.12. The molecule has 0 aliphatic carbocycles. The molecule has 0 unspecified atom stereocenters. The van der Waals surface area contributed by atoms with Gasteiger partial charge in [-0.3, -0.25) is 4.79 Å². The number of nitrogens with zero attached hydrogens (tertiary/aromatic N) is 1. The minimum absolute atomic E-state index is 0.233. The molecule has 140 valence electrons. The number of methoxy groups -OCH3 is 1. The van der Waals surface area contributed by atoms with E-state index in [0.717, 1.165) is 18.6 Å². The molecule has 0 fully saturated rings. The van der Waals surface area contributed by atoms with E-state index in [1.807, 2.05) is 6.92 Å². The van der Waals surface area contributed by atoms with Crippen LogP contribution < -0.4 is 10.6 Å². The molecule has 2 N–H and O–H groups in total. The Hall–Kier alpha value is -2.25. The van der Waals surface area contributed by atoms with Crippen molar-refractivity contribution in [2.75, 3.05) is 20.2 Å². The zero-order valence-corrected chi connectivity index (χ0v) is 14.4. The van der Waals surface area contributed by atoms with Gasteiger partial charge in [-0.1, -0.05) is 12.1 Å². The number of rotatable bonds is 8. The Kier molecular flexibility index (Phi) is 8.80. The third-order valence-corrected chi connectivity index (χ3v) is 3.37. The molecule has 0 aromatic heterocycles. The molecule has 8 heteroatoms. The average molecular weight is 359 g/mol. The average Bonchev–Trinajstić information content (AvgIpc) is 2.58. The number of alkyl halides is 3. The lowest BCUT2D eigenvalue weighted by atomic mass is 10.1. The molecule has 1 rings (SSSR count). The van der Waals surface area contributed by atoms with E-state index < -0.39 is 11.7 Å². The fraction of sp³-hybridized carbons (Fsp3) is 0.529. The van der Waals surface area contributed by atoms with Crippen LogP contribution in [0.4, 0.5) is 13.2 Å². The van der Waals surface area contributed by atoms with Crippen LogP contribution in [0.15, 0.2) is 29.3 Å². The number of hydrogen-bond acceptors (Lipinski definition) is 3. The SMILES string of the molecule is CCNC(=NCc1ccc(C(F)(F)F)cc1)NCCCCC(=O)OC. The van der Waals surface area contributed by atoms with Crippen molar-refractivity contribution in [2.45, 2.75) is 38.9 Å². The molecule has 1 aromatic carbocycles. The van der Waals surface area contributed by atoms with E-state index in [1.165, 1.54) is 19.2 Å². The van der Waals surface area contributed by atoms with Gasteiger partial charge < -0.3 is 15.4 Å². The Balaban J connectivity index is 2.48. The molecule has 0 saturated heterocycles. The largest absolute Gasteiger partial charge is 0.469 e. The van der Waals surface area contributed by atoms with Crippen molar-refractivity contribution in [3.8, 4) is 0 Å². The first-order valence-corrected chi connectivity index (χ1v) is 8.12. The minimum Gasteiger partial charge on any atom is -0.469 e. The molecule has 0 aliphatic rings. The van der Waals surface area contributed by atoms with Gasteiger partial charge in [0.05, 0.1) is 19.2 Å². The maximum atomic E-state index is 12.5. The molecule has 0 heterocycles. The summed E-state index contributed by atoms with van der Waals surface area (Å²) in [6, 6.07) is 4.95. The Labute approximate surface area is 145 Å². The van der Waals surface area contributed by atoms with E-state index >= 15 is 0 Å². The summed E-state index contributed by atoms with van der Waals surface area (Å²) in [5, 5.41) is 6.19. The zero-order chi connectivity index (χ0) is 18.7.